The number of benzene rings is 1. The van der Waals surface area contributed by atoms with Gasteiger partial charge in [-0.05, 0) is 25.3 Å². The number of nitrogens with zero attached hydrogens (tertiary/aromatic N) is 3. The Labute approximate surface area is 124 Å². The molecule has 0 aliphatic heterocycles. The van der Waals surface area contributed by atoms with Crippen molar-refractivity contribution in [3.8, 4) is 12.0 Å². The summed E-state index contributed by atoms with van der Waals surface area (Å²) in [7, 11) is 1.52. The SMILES string of the molecule is CCNc1nc(OC)nc(OCCCc2ccccc2)n1. The van der Waals surface area contributed by atoms with E-state index in [0.717, 1.165) is 19.4 Å². The Hall–Kier alpha value is -2.37. The van der Waals surface area contributed by atoms with Crippen molar-refractivity contribution in [2.45, 2.75) is 19.8 Å². The normalized spacial score (nSPS) is 10.2. The topological polar surface area (TPSA) is 69.2 Å². The maximum Gasteiger partial charge on any atom is 0.324 e. The average molecular weight is 288 g/mol. The second-order valence-electron chi connectivity index (χ2n) is 4.40. The van der Waals surface area contributed by atoms with Crippen LogP contribution in [0.5, 0.6) is 12.0 Å². The first-order chi connectivity index (χ1) is 10.3. The number of aryl methyl sites for hydroxylation is 1. The van der Waals surface area contributed by atoms with E-state index in [2.05, 4.69) is 32.4 Å². The summed E-state index contributed by atoms with van der Waals surface area (Å²) in [6.07, 6.45) is 1.86. The van der Waals surface area contributed by atoms with Gasteiger partial charge < -0.3 is 14.8 Å². The molecule has 1 N–H and O–H groups in total. The zero-order valence-electron chi connectivity index (χ0n) is 12.4. The molecular formula is C15H20N4O2. The molecule has 0 unspecified atom stereocenters. The van der Waals surface area contributed by atoms with Crippen molar-refractivity contribution < 1.29 is 9.47 Å². The number of nitrogens with one attached hydrogen (secondary N) is 1. The molecule has 1 aromatic heterocycles. The maximum atomic E-state index is 5.57. The Kier molecular flexibility index (Phi) is 5.75. The third kappa shape index (κ3) is 4.91. The fourth-order valence-electron chi connectivity index (χ4n) is 1.82. The van der Waals surface area contributed by atoms with Crippen LogP contribution in [0.2, 0.25) is 0 Å². The molecular weight excluding hydrogens is 268 g/mol. The number of hydrogen-bond donors (Lipinski definition) is 1. The van der Waals surface area contributed by atoms with Crippen molar-refractivity contribution in [1.82, 2.24) is 15.0 Å². The van der Waals surface area contributed by atoms with E-state index in [9.17, 15) is 0 Å². The standard InChI is InChI=1S/C15H20N4O2/c1-3-16-13-17-14(20-2)19-15(18-13)21-11-7-10-12-8-5-4-6-9-12/h4-6,8-9H,3,7,10-11H2,1-2H3,(H,16,17,18,19). The molecule has 1 heterocycles. The van der Waals surface area contributed by atoms with E-state index in [1.807, 2.05) is 25.1 Å². The van der Waals surface area contributed by atoms with E-state index in [4.69, 9.17) is 9.47 Å². The second kappa shape index (κ2) is 8.04. The summed E-state index contributed by atoms with van der Waals surface area (Å²) < 4.78 is 10.6. The number of rotatable bonds is 8. The molecule has 0 amide bonds. The van der Waals surface area contributed by atoms with Gasteiger partial charge in [-0.15, -0.1) is 4.98 Å². The first kappa shape index (κ1) is 15.0. The summed E-state index contributed by atoms with van der Waals surface area (Å²) >= 11 is 0. The molecule has 6 heteroatoms. The lowest BCUT2D eigenvalue weighted by atomic mass is 10.1. The molecule has 0 radical (unpaired) electrons. The Morgan fingerprint density at radius 2 is 1.81 bits per heavy atom. The minimum atomic E-state index is 0.249. The molecule has 1 aromatic carbocycles. The highest BCUT2D eigenvalue weighted by molar-refractivity contribution is 5.27. The van der Waals surface area contributed by atoms with Crippen LogP contribution in [0.1, 0.15) is 18.9 Å². The van der Waals surface area contributed by atoms with Gasteiger partial charge in [-0.25, -0.2) is 0 Å². The van der Waals surface area contributed by atoms with Gasteiger partial charge in [0.05, 0.1) is 13.7 Å². The number of hydrogen-bond acceptors (Lipinski definition) is 6. The quantitative estimate of drug-likeness (QED) is 0.752. The van der Waals surface area contributed by atoms with Crippen LogP contribution in [0.4, 0.5) is 5.95 Å². The predicted molar refractivity (Wildman–Crippen MR) is 80.8 cm³/mol. The Bertz CT molecular complexity index is 549. The lowest BCUT2D eigenvalue weighted by Crippen LogP contribution is -2.09. The number of aromatic nitrogens is 3. The molecule has 0 aliphatic rings. The summed E-state index contributed by atoms with van der Waals surface area (Å²) in [5.74, 6) is 0.461. The fraction of sp³-hybridized carbons (Fsp3) is 0.400. The predicted octanol–water partition coefficient (Wildman–Crippen LogP) is 2.32. The molecule has 6 nitrogen and oxygen atoms in total. The van der Waals surface area contributed by atoms with Gasteiger partial charge in [0.15, 0.2) is 0 Å². The molecule has 2 rings (SSSR count). The molecule has 0 spiro atoms. The van der Waals surface area contributed by atoms with Gasteiger partial charge in [-0.2, -0.15) is 9.97 Å². The van der Waals surface area contributed by atoms with E-state index in [0.29, 0.717) is 12.6 Å². The summed E-state index contributed by atoms with van der Waals surface area (Å²) in [6, 6.07) is 10.8. The third-order valence-electron chi connectivity index (χ3n) is 2.80. The average Bonchev–Trinajstić information content (AvgIpc) is 2.53. The van der Waals surface area contributed by atoms with Gasteiger partial charge in [-0.3, -0.25) is 0 Å². The van der Waals surface area contributed by atoms with Crippen LogP contribution >= 0.6 is 0 Å². The summed E-state index contributed by atoms with van der Waals surface area (Å²) in [4.78, 5) is 12.3. The van der Waals surface area contributed by atoms with Gasteiger partial charge in [0.1, 0.15) is 0 Å². The van der Waals surface area contributed by atoms with Gasteiger partial charge in [-0.1, -0.05) is 30.3 Å². The number of anilines is 1. The van der Waals surface area contributed by atoms with Gasteiger partial charge in [0.2, 0.25) is 5.95 Å². The van der Waals surface area contributed by atoms with Crippen LogP contribution in [0.3, 0.4) is 0 Å². The maximum absolute atomic E-state index is 5.57. The smallest absolute Gasteiger partial charge is 0.324 e. The van der Waals surface area contributed by atoms with Gasteiger partial charge >= 0.3 is 12.0 Å². The highest BCUT2D eigenvalue weighted by Crippen LogP contribution is 2.13. The van der Waals surface area contributed by atoms with E-state index in [1.165, 1.54) is 12.7 Å². The highest BCUT2D eigenvalue weighted by Gasteiger charge is 2.07. The minimum absolute atomic E-state index is 0.249. The van der Waals surface area contributed by atoms with Crippen LogP contribution in [-0.2, 0) is 6.42 Å². The van der Waals surface area contributed by atoms with Crippen molar-refractivity contribution in [2.75, 3.05) is 25.6 Å². The van der Waals surface area contributed by atoms with E-state index < -0.39 is 0 Å². The van der Waals surface area contributed by atoms with Crippen molar-refractivity contribution in [3.05, 3.63) is 35.9 Å². The van der Waals surface area contributed by atoms with Gasteiger partial charge in [0.25, 0.3) is 0 Å². The molecule has 0 atom stereocenters. The summed E-state index contributed by atoms with van der Waals surface area (Å²) in [6.45, 7) is 3.24. The summed E-state index contributed by atoms with van der Waals surface area (Å²) in [5.41, 5.74) is 1.29. The fourth-order valence-corrected chi connectivity index (χ4v) is 1.82. The number of ether oxygens (including phenoxy) is 2. The van der Waals surface area contributed by atoms with Crippen LogP contribution in [0.25, 0.3) is 0 Å². The first-order valence-electron chi connectivity index (χ1n) is 7.02. The Morgan fingerprint density at radius 3 is 2.52 bits per heavy atom. The highest BCUT2D eigenvalue weighted by atomic mass is 16.5. The van der Waals surface area contributed by atoms with E-state index in [1.54, 1.807) is 0 Å². The van der Waals surface area contributed by atoms with E-state index >= 15 is 0 Å². The molecule has 2 aromatic rings. The number of methoxy groups -OCH3 is 1. The van der Waals surface area contributed by atoms with Crippen molar-refractivity contribution in [1.29, 1.82) is 0 Å². The first-order valence-corrected chi connectivity index (χ1v) is 7.02. The van der Waals surface area contributed by atoms with Crippen LogP contribution in [-0.4, -0.2) is 35.2 Å². The molecule has 112 valence electrons. The second-order valence-corrected chi connectivity index (χ2v) is 4.40. The largest absolute Gasteiger partial charge is 0.467 e. The van der Waals surface area contributed by atoms with Crippen molar-refractivity contribution >= 4 is 5.95 Å². The van der Waals surface area contributed by atoms with Gasteiger partial charge in [0, 0.05) is 6.54 Å². The third-order valence-corrected chi connectivity index (χ3v) is 2.80. The summed E-state index contributed by atoms with van der Waals surface area (Å²) in [5, 5.41) is 3.02. The molecule has 0 saturated heterocycles. The molecule has 0 saturated carbocycles. The Morgan fingerprint density at radius 1 is 1.05 bits per heavy atom. The zero-order chi connectivity index (χ0) is 14.9. The molecule has 0 aliphatic carbocycles. The molecule has 21 heavy (non-hydrogen) atoms. The lowest BCUT2D eigenvalue weighted by molar-refractivity contribution is 0.276. The van der Waals surface area contributed by atoms with Crippen LogP contribution in [0.15, 0.2) is 30.3 Å². The van der Waals surface area contributed by atoms with Crippen molar-refractivity contribution in [3.63, 3.8) is 0 Å². The van der Waals surface area contributed by atoms with Crippen LogP contribution in [0, 0.1) is 0 Å². The monoisotopic (exact) mass is 288 g/mol. The zero-order valence-corrected chi connectivity index (χ0v) is 12.4. The molecule has 0 fully saturated rings. The minimum Gasteiger partial charge on any atom is -0.467 e. The Balaban J connectivity index is 1.86. The van der Waals surface area contributed by atoms with E-state index in [-0.39, 0.29) is 12.0 Å². The van der Waals surface area contributed by atoms with Crippen molar-refractivity contribution in [2.24, 2.45) is 0 Å². The lowest BCUT2D eigenvalue weighted by Gasteiger charge is -2.08. The molecule has 0 bridgehead atoms. The van der Waals surface area contributed by atoms with Crippen LogP contribution < -0.4 is 14.8 Å².